The Kier molecular flexibility index (Phi) is 4.98. The fourth-order valence-corrected chi connectivity index (χ4v) is 4.19. The Morgan fingerprint density at radius 1 is 1.19 bits per heavy atom. The van der Waals surface area contributed by atoms with Crippen molar-refractivity contribution in [3.63, 3.8) is 0 Å². The molecule has 2 aliphatic rings. The molecule has 0 radical (unpaired) electrons. The summed E-state index contributed by atoms with van der Waals surface area (Å²) >= 11 is 2.12. The van der Waals surface area contributed by atoms with Crippen LogP contribution in [0.2, 0.25) is 0 Å². The smallest absolute Gasteiger partial charge is 0.00729 e. The lowest BCUT2D eigenvalue weighted by atomic mass is 9.75. The molecule has 94 valence electrons. The summed E-state index contributed by atoms with van der Waals surface area (Å²) in [6, 6.07) is 0. The van der Waals surface area contributed by atoms with Gasteiger partial charge in [0.15, 0.2) is 0 Å². The average molecular weight is 242 g/mol. The third kappa shape index (κ3) is 3.38. The van der Waals surface area contributed by atoms with Crippen LogP contribution in [0.5, 0.6) is 0 Å². The van der Waals surface area contributed by atoms with E-state index in [2.05, 4.69) is 28.9 Å². The first-order chi connectivity index (χ1) is 7.85. The van der Waals surface area contributed by atoms with Crippen molar-refractivity contribution in [3.8, 4) is 0 Å². The highest BCUT2D eigenvalue weighted by atomic mass is 32.2. The van der Waals surface area contributed by atoms with Crippen LogP contribution in [0.4, 0.5) is 0 Å². The fraction of sp³-hybridized carbons (Fsp3) is 1.00. The van der Waals surface area contributed by atoms with Crippen molar-refractivity contribution in [2.45, 2.75) is 32.6 Å². The highest BCUT2D eigenvalue weighted by molar-refractivity contribution is 7.99. The van der Waals surface area contributed by atoms with E-state index in [1.54, 1.807) is 0 Å². The van der Waals surface area contributed by atoms with Gasteiger partial charge in [0.05, 0.1) is 0 Å². The standard InChI is InChI=1S/C13H26N2S/c1-2-3-13(4-6-14-7-5-13)12-15-8-10-16-11-9-15/h14H,2-12H2,1H3. The fourth-order valence-electron chi connectivity index (χ4n) is 3.21. The van der Waals surface area contributed by atoms with Gasteiger partial charge in [-0.2, -0.15) is 11.8 Å². The molecule has 2 saturated heterocycles. The van der Waals surface area contributed by atoms with E-state index in [4.69, 9.17) is 0 Å². The molecule has 0 aliphatic carbocycles. The molecule has 0 bridgehead atoms. The second-order valence-corrected chi connectivity index (χ2v) is 6.61. The number of rotatable bonds is 4. The zero-order valence-corrected chi connectivity index (χ0v) is 11.5. The topological polar surface area (TPSA) is 15.3 Å². The number of piperidine rings is 1. The molecule has 2 heterocycles. The molecule has 2 fully saturated rings. The molecule has 0 saturated carbocycles. The first-order valence-electron chi connectivity index (χ1n) is 6.85. The van der Waals surface area contributed by atoms with E-state index < -0.39 is 0 Å². The van der Waals surface area contributed by atoms with Crippen LogP contribution in [0.1, 0.15) is 32.6 Å². The Morgan fingerprint density at radius 2 is 1.88 bits per heavy atom. The Balaban J connectivity index is 1.89. The molecule has 3 heteroatoms. The van der Waals surface area contributed by atoms with Crippen molar-refractivity contribution in [2.24, 2.45) is 5.41 Å². The molecular formula is C13H26N2S. The number of thioether (sulfide) groups is 1. The zero-order chi connectivity index (χ0) is 11.3. The predicted molar refractivity (Wildman–Crippen MR) is 73.2 cm³/mol. The molecule has 0 unspecified atom stereocenters. The second-order valence-electron chi connectivity index (χ2n) is 5.39. The number of hydrogen-bond donors (Lipinski definition) is 1. The lowest BCUT2D eigenvalue weighted by Gasteiger charge is -2.42. The molecule has 2 aliphatic heterocycles. The normalized spacial score (nSPS) is 26.8. The lowest BCUT2D eigenvalue weighted by molar-refractivity contribution is 0.107. The molecular weight excluding hydrogens is 216 g/mol. The van der Waals surface area contributed by atoms with Crippen LogP contribution < -0.4 is 5.32 Å². The summed E-state index contributed by atoms with van der Waals surface area (Å²) in [7, 11) is 0. The van der Waals surface area contributed by atoms with Gasteiger partial charge >= 0.3 is 0 Å². The van der Waals surface area contributed by atoms with Crippen molar-refractivity contribution < 1.29 is 0 Å². The quantitative estimate of drug-likeness (QED) is 0.814. The molecule has 0 amide bonds. The van der Waals surface area contributed by atoms with Crippen LogP contribution in [-0.4, -0.2) is 49.1 Å². The first-order valence-corrected chi connectivity index (χ1v) is 8.01. The van der Waals surface area contributed by atoms with Crippen molar-refractivity contribution in [3.05, 3.63) is 0 Å². The van der Waals surface area contributed by atoms with Gasteiger partial charge in [-0.05, 0) is 37.8 Å². The van der Waals surface area contributed by atoms with E-state index >= 15 is 0 Å². The third-order valence-corrected chi connectivity index (χ3v) is 5.05. The van der Waals surface area contributed by atoms with Gasteiger partial charge in [-0.25, -0.2) is 0 Å². The highest BCUT2D eigenvalue weighted by Crippen LogP contribution is 2.35. The van der Waals surface area contributed by atoms with Crippen LogP contribution in [0.15, 0.2) is 0 Å². The Hall–Kier alpha value is 0.270. The Bertz CT molecular complexity index is 191. The summed E-state index contributed by atoms with van der Waals surface area (Å²) in [5.74, 6) is 2.70. The summed E-state index contributed by atoms with van der Waals surface area (Å²) in [6.07, 6.45) is 5.57. The second kappa shape index (κ2) is 6.27. The van der Waals surface area contributed by atoms with E-state index in [0.717, 1.165) is 0 Å². The van der Waals surface area contributed by atoms with Gasteiger partial charge in [-0.3, -0.25) is 0 Å². The maximum absolute atomic E-state index is 3.51. The van der Waals surface area contributed by atoms with Crippen LogP contribution >= 0.6 is 11.8 Å². The summed E-state index contributed by atoms with van der Waals surface area (Å²) < 4.78 is 0. The predicted octanol–water partition coefficient (Wildman–Crippen LogP) is 2.21. The molecule has 0 aromatic rings. The van der Waals surface area contributed by atoms with Crippen molar-refractivity contribution in [1.29, 1.82) is 0 Å². The molecule has 0 atom stereocenters. The minimum Gasteiger partial charge on any atom is -0.317 e. The lowest BCUT2D eigenvalue weighted by Crippen LogP contribution is -2.46. The van der Waals surface area contributed by atoms with Gasteiger partial charge in [-0.15, -0.1) is 0 Å². The van der Waals surface area contributed by atoms with E-state index in [0.29, 0.717) is 5.41 Å². The van der Waals surface area contributed by atoms with Gasteiger partial charge in [0.2, 0.25) is 0 Å². The highest BCUT2D eigenvalue weighted by Gasteiger charge is 2.33. The van der Waals surface area contributed by atoms with Gasteiger partial charge in [0, 0.05) is 31.1 Å². The monoisotopic (exact) mass is 242 g/mol. The number of hydrogen-bond acceptors (Lipinski definition) is 3. The van der Waals surface area contributed by atoms with E-state index in [-0.39, 0.29) is 0 Å². The molecule has 16 heavy (non-hydrogen) atoms. The Labute approximate surface area is 105 Å². The maximum Gasteiger partial charge on any atom is 0.00729 e. The van der Waals surface area contributed by atoms with Crippen LogP contribution in [0, 0.1) is 5.41 Å². The minimum absolute atomic E-state index is 0.641. The summed E-state index contributed by atoms with van der Waals surface area (Å²) in [5, 5.41) is 3.51. The van der Waals surface area contributed by atoms with E-state index in [1.165, 1.54) is 69.9 Å². The summed E-state index contributed by atoms with van der Waals surface area (Å²) in [4.78, 5) is 2.72. The van der Waals surface area contributed by atoms with Crippen LogP contribution in [0.3, 0.4) is 0 Å². The van der Waals surface area contributed by atoms with Crippen LogP contribution in [-0.2, 0) is 0 Å². The largest absolute Gasteiger partial charge is 0.317 e. The molecule has 0 spiro atoms. The van der Waals surface area contributed by atoms with Gasteiger partial charge in [0.25, 0.3) is 0 Å². The van der Waals surface area contributed by atoms with Crippen molar-refractivity contribution in [2.75, 3.05) is 44.2 Å². The molecule has 1 N–H and O–H groups in total. The van der Waals surface area contributed by atoms with E-state index in [9.17, 15) is 0 Å². The molecule has 0 aromatic heterocycles. The average Bonchev–Trinajstić information content (AvgIpc) is 2.31. The third-order valence-electron chi connectivity index (χ3n) is 4.11. The summed E-state index contributed by atoms with van der Waals surface area (Å²) in [6.45, 7) is 8.83. The number of nitrogens with one attached hydrogen (secondary N) is 1. The molecule has 0 aromatic carbocycles. The maximum atomic E-state index is 3.51. The van der Waals surface area contributed by atoms with Gasteiger partial charge < -0.3 is 10.2 Å². The Morgan fingerprint density at radius 3 is 2.50 bits per heavy atom. The number of nitrogens with zero attached hydrogens (tertiary/aromatic N) is 1. The SMILES string of the molecule is CCCC1(CN2CCSCC2)CCNCC1. The van der Waals surface area contributed by atoms with Crippen LogP contribution in [0.25, 0.3) is 0 Å². The minimum atomic E-state index is 0.641. The summed E-state index contributed by atoms with van der Waals surface area (Å²) in [5.41, 5.74) is 0.641. The van der Waals surface area contributed by atoms with E-state index in [1.807, 2.05) is 0 Å². The zero-order valence-electron chi connectivity index (χ0n) is 10.6. The van der Waals surface area contributed by atoms with Crippen molar-refractivity contribution in [1.82, 2.24) is 10.2 Å². The first kappa shape index (κ1) is 12.7. The molecule has 2 nitrogen and oxygen atoms in total. The van der Waals surface area contributed by atoms with Crippen molar-refractivity contribution >= 4 is 11.8 Å². The molecule has 2 rings (SSSR count). The van der Waals surface area contributed by atoms with Gasteiger partial charge in [0.1, 0.15) is 0 Å². The van der Waals surface area contributed by atoms with Gasteiger partial charge in [-0.1, -0.05) is 13.3 Å².